The minimum Gasteiger partial charge on any atom is -0.480 e. The van der Waals surface area contributed by atoms with Gasteiger partial charge in [0, 0.05) is 0 Å². The summed E-state index contributed by atoms with van der Waals surface area (Å²) in [6.07, 6.45) is -0.455. The Kier molecular flexibility index (Phi) is 12.2. The number of rotatable bonds is 13. The Bertz CT molecular complexity index is 597. The number of carboxylic acid groups (broad SMARTS) is 1. The number of aliphatic carboxylic acids is 1. The van der Waals surface area contributed by atoms with Crippen molar-refractivity contribution >= 4 is 23.7 Å². The van der Waals surface area contributed by atoms with Crippen molar-refractivity contribution < 1.29 is 34.5 Å². The molecule has 11 heteroatoms. The summed E-state index contributed by atoms with van der Waals surface area (Å²) >= 11 is 0. The fraction of sp³-hybridized carbons (Fsp3) is 0.789. The molecule has 0 aromatic carbocycles. The SMILES string of the molecule is CCC(C)C(N)C(=O)NC(CC(C)C)C(=O)NC(CO)C(=O)NC(C(=O)O)C(C)O. The van der Waals surface area contributed by atoms with E-state index in [2.05, 4.69) is 16.0 Å². The first kappa shape index (κ1) is 27.8. The van der Waals surface area contributed by atoms with Crippen LogP contribution in [0.3, 0.4) is 0 Å². The fourth-order valence-electron chi connectivity index (χ4n) is 2.59. The number of aliphatic hydroxyl groups is 2. The molecule has 0 aromatic rings. The van der Waals surface area contributed by atoms with Crippen molar-refractivity contribution in [2.75, 3.05) is 6.61 Å². The lowest BCUT2D eigenvalue weighted by Gasteiger charge is -2.26. The van der Waals surface area contributed by atoms with Gasteiger partial charge in [-0.3, -0.25) is 14.4 Å². The minimum atomic E-state index is -1.61. The number of nitrogens with two attached hydrogens (primary N) is 1. The molecule has 0 bridgehead atoms. The van der Waals surface area contributed by atoms with Crippen LogP contribution in [0.15, 0.2) is 0 Å². The molecule has 6 atom stereocenters. The van der Waals surface area contributed by atoms with Crippen molar-refractivity contribution in [3.63, 3.8) is 0 Å². The van der Waals surface area contributed by atoms with Crippen LogP contribution >= 0.6 is 0 Å². The van der Waals surface area contributed by atoms with Gasteiger partial charge in [-0.05, 0) is 25.2 Å². The van der Waals surface area contributed by atoms with Crippen molar-refractivity contribution in [3.05, 3.63) is 0 Å². The van der Waals surface area contributed by atoms with E-state index in [0.29, 0.717) is 6.42 Å². The van der Waals surface area contributed by atoms with Crippen LogP contribution in [0.1, 0.15) is 47.5 Å². The normalized spacial score (nSPS) is 17.2. The van der Waals surface area contributed by atoms with E-state index < -0.39 is 60.6 Å². The number of amides is 3. The third-order valence-corrected chi connectivity index (χ3v) is 4.76. The Balaban J connectivity index is 5.28. The molecule has 3 amide bonds. The van der Waals surface area contributed by atoms with Gasteiger partial charge in [0.15, 0.2) is 6.04 Å². The van der Waals surface area contributed by atoms with Crippen molar-refractivity contribution in [3.8, 4) is 0 Å². The van der Waals surface area contributed by atoms with Crippen LogP contribution < -0.4 is 21.7 Å². The smallest absolute Gasteiger partial charge is 0.328 e. The molecule has 0 saturated heterocycles. The number of nitrogens with one attached hydrogen (secondary N) is 3. The first-order valence-corrected chi connectivity index (χ1v) is 10.0. The average Bonchev–Trinajstić information content (AvgIpc) is 2.66. The number of hydrogen-bond acceptors (Lipinski definition) is 7. The molecule has 0 spiro atoms. The lowest BCUT2D eigenvalue weighted by molar-refractivity contribution is -0.145. The Morgan fingerprint density at radius 2 is 1.40 bits per heavy atom. The summed E-state index contributed by atoms with van der Waals surface area (Å²) in [6, 6.07) is -4.88. The van der Waals surface area contributed by atoms with Gasteiger partial charge in [0.2, 0.25) is 17.7 Å². The van der Waals surface area contributed by atoms with E-state index in [4.69, 9.17) is 10.8 Å². The summed E-state index contributed by atoms with van der Waals surface area (Å²) in [4.78, 5) is 48.5. The Morgan fingerprint density at radius 3 is 1.80 bits per heavy atom. The van der Waals surface area contributed by atoms with Gasteiger partial charge in [-0.1, -0.05) is 34.1 Å². The second kappa shape index (κ2) is 13.1. The number of hydrogen-bond donors (Lipinski definition) is 7. The van der Waals surface area contributed by atoms with Crippen molar-refractivity contribution in [2.24, 2.45) is 17.6 Å². The van der Waals surface area contributed by atoms with Crippen molar-refractivity contribution in [2.45, 2.75) is 77.7 Å². The summed E-state index contributed by atoms with van der Waals surface area (Å²) in [7, 11) is 0. The monoisotopic (exact) mass is 432 g/mol. The van der Waals surface area contributed by atoms with Crippen LogP contribution in [0.25, 0.3) is 0 Å². The van der Waals surface area contributed by atoms with Crippen LogP contribution in [0, 0.1) is 11.8 Å². The summed E-state index contributed by atoms with van der Waals surface area (Å²) in [6.45, 7) is 7.76. The van der Waals surface area contributed by atoms with Crippen LogP contribution in [-0.4, -0.2) is 75.9 Å². The Labute approximate surface area is 176 Å². The van der Waals surface area contributed by atoms with Gasteiger partial charge < -0.3 is 37.0 Å². The zero-order chi connectivity index (χ0) is 23.6. The Morgan fingerprint density at radius 1 is 0.900 bits per heavy atom. The molecule has 0 aliphatic carbocycles. The van der Waals surface area contributed by atoms with Gasteiger partial charge in [-0.2, -0.15) is 0 Å². The van der Waals surface area contributed by atoms with E-state index in [1.807, 2.05) is 27.7 Å². The molecule has 8 N–H and O–H groups in total. The van der Waals surface area contributed by atoms with Gasteiger partial charge in [-0.25, -0.2) is 4.79 Å². The van der Waals surface area contributed by atoms with Gasteiger partial charge in [0.05, 0.1) is 18.8 Å². The van der Waals surface area contributed by atoms with Gasteiger partial charge in [-0.15, -0.1) is 0 Å². The van der Waals surface area contributed by atoms with Crippen LogP contribution in [-0.2, 0) is 19.2 Å². The van der Waals surface area contributed by atoms with Crippen LogP contribution in [0.5, 0.6) is 0 Å². The Hall–Kier alpha value is -2.24. The zero-order valence-corrected chi connectivity index (χ0v) is 18.2. The molecule has 6 unspecified atom stereocenters. The molecule has 0 aromatic heterocycles. The molecular weight excluding hydrogens is 396 g/mol. The quantitative estimate of drug-likeness (QED) is 0.179. The summed E-state index contributed by atoms with van der Waals surface area (Å²) in [5.74, 6) is -3.75. The maximum atomic E-state index is 12.7. The number of carboxylic acids is 1. The highest BCUT2D eigenvalue weighted by Crippen LogP contribution is 2.09. The fourth-order valence-corrected chi connectivity index (χ4v) is 2.59. The number of carbonyl (C=O) groups excluding carboxylic acids is 3. The largest absolute Gasteiger partial charge is 0.480 e. The zero-order valence-electron chi connectivity index (χ0n) is 18.2. The van der Waals surface area contributed by atoms with Crippen LogP contribution in [0.4, 0.5) is 0 Å². The second-order valence-electron chi connectivity index (χ2n) is 7.91. The third kappa shape index (κ3) is 9.06. The lowest BCUT2D eigenvalue weighted by Crippen LogP contribution is -2.59. The van der Waals surface area contributed by atoms with E-state index in [-0.39, 0.29) is 18.3 Å². The molecule has 0 aliphatic heterocycles. The minimum absolute atomic E-state index is 0.0221. The molecule has 174 valence electrons. The predicted octanol–water partition coefficient (Wildman–Crippen LogP) is -1.68. The maximum Gasteiger partial charge on any atom is 0.328 e. The van der Waals surface area contributed by atoms with Gasteiger partial charge >= 0.3 is 5.97 Å². The van der Waals surface area contributed by atoms with E-state index >= 15 is 0 Å². The number of carbonyl (C=O) groups is 4. The average molecular weight is 433 g/mol. The maximum absolute atomic E-state index is 12.7. The van der Waals surface area contributed by atoms with Crippen molar-refractivity contribution in [1.29, 1.82) is 0 Å². The van der Waals surface area contributed by atoms with E-state index in [0.717, 1.165) is 0 Å². The summed E-state index contributed by atoms with van der Waals surface area (Å²) in [5.41, 5.74) is 5.91. The molecule has 0 rings (SSSR count). The molecule has 0 radical (unpaired) electrons. The van der Waals surface area contributed by atoms with E-state index in [1.54, 1.807) is 0 Å². The lowest BCUT2D eigenvalue weighted by atomic mass is 9.97. The van der Waals surface area contributed by atoms with Gasteiger partial charge in [0.1, 0.15) is 12.1 Å². The summed E-state index contributed by atoms with van der Waals surface area (Å²) in [5, 5.41) is 35.0. The molecule has 0 aliphatic rings. The molecule has 0 saturated carbocycles. The first-order valence-electron chi connectivity index (χ1n) is 10.0. The van der Waals surface area contributed by atoms with E-state index in [1.165, 1.54) is 6.92 Å². The molecule has 0 fully saturated rings. The highest BCUT2D eigenvalue weighted by molar-refractivity contribution is 5.94. The first-order chi connectivity index (χ1) is 13.8. The number of aliphatic hydroxyl groups excluding tert-OH is 2. The predicted molar refractivity (Wildman–Crippen MR) is 109 cm³/mol. The standard InChI is InChI=1S/C19H36N4O7/c1-6-10(4)14(20)18(28)21-12(7-9(2)3)16(26)22-13(8-24)17(27)23-15(11(5)25)19(29)30/h9-15,24-25H,6-8,20H2,1-5H3,(H,21,28)(H,22,26)(H,23,27)(H,29,30). The second-order valence-corrected chi connectivity index (χ2v) is 7.91. The topological polar surface area (TPSA) is 191 Å². The van der Waals surface area contributed by atoms with Gasteiger partial charge in [0.25, 0.3) is 0 Å². The molecule has 0 heterocycles. The highest BCUT2D eigenvalue weighted by Gasteiger charge is 2.32. The van der Waals surface area contributed by atoms with E-state index in [9.17, 15) is 29.4 Å². The molecule has 30 heavy (non-hydrogen) atoms. The summed E-state index contributed by atoms with van der Waals surface area (Å²) < 4.78 is 0. The third-order valence-electron chi connectivity index (χ3n) is 4.76. The highest BCUT2D eigenvalue weighted by atomic mass is 16.4. The van der Waals surface area contributed by atoms with Crippen LogP contribution in [0.2, 0.25) is 0 Å². The molecular formula is C19H36N4O7. The van der Waals surface area contributed by atoms with Crippen molar-refractivity contribution in [1.82, 2.24) is 16.0 Å². The molecule has 11 nitrogen and oxygen atoms in total.